The van der Waals surface area contributed by atoms with Gasteiger partial charge in [-0.3, -0.25) is 6.08 Å². The summed E-state index contributed by atoms with van der Waals surface area (Å²) in [6, 6.07) is 15.2. The van der Waals surface area contributed by atoms with E-state index in [4.69, 9.17) is 0 Å². The number of rotatable bonds is 0. The molecule has 0 atom stereocenters. The smallest absolute Gasteiger partial charge is 1.00 e. The van der Waals surface area contributed by atoms with E-state index in [0.29, 0.717) is 0 Å². The molecule has 2 aromatic carbocycles. The molecule has 0 radical (unpaired) electrons. The maximum Gasteiger partial charge on any atom is 4.00 e. The zero-order valence-electron chi connectivity index (χ0n) is 22.8. The fraction of sp³-hybridized carbons (Fsp3) is 0.484. The first-order valence-corrected chi connectivity index (χ1v) is 11.6. The first-order valence-electron chi connectivity index (χ1n) is 11.6. The first kappa shape index (κ1) is 33.4. The van der Waals surface area contributed by atoms with Crippen LogP contribution < -0.4 is 24.8 Å². The van der Waals surface area contributed by atoms with Crippen molar-refractivity contribution in [1.29, 1.82) is 0 Å². The maximum atomic E-state index is 3.67. The molecular weight excluding hydrogens is 534 g/mol. The Morgan fingerprint density at radius 1 is 0.794 bits per heavy atom. The van der Waals surface area contributed by atoms with E-state index in [1.54, 1.807) is 0 Å². The molecule has 3 heteroatoms. The van der Waals surface area contributed by atoms with E-state index in [0.717, 1.165) is 6.42 Å². The third-order valence-corrected chi connectivity index (χ3v) is 7.03. The number of hydrogen-bond acceptors (Lipinski definition) is 0. The van der Waals surface area contributed by atoms with E-state index in [9.17, 15) is 0 Å². The van der Waals surface area contributed by atoms with E-state index in [-0.39, 0.29) is 67.3 Å². The molecule has 0 saturated heterocycles. The van der Waals surface area contributed by atoms with Gasteiger partial charge in [-0.2, -0.15) is 34.9 Å². The van der Waals surface area contributed by atoms with Crippen LogP contribution >= 0.6 is 0 Å². The Balaban J connectivity index is 0.000000721. The van der Waals surface area contributed by atoms with Gasteiger partial charge in [-0.15, -0.1) is 18.1 Å². The van der Waals surface area contributed by atoms with Gasteiger partial charge in [0.25, 0.3) is 0 Å². The van der Waals surface area contributed by atoms with Crippen LogP contribution in [0.5, 0.6) is 0 Å². The molecule has 0 spiro atoms. The second-order valence-corrected chi connectivity index (χ2v) is 11.9. The van der Waals surface area contributed by atoms with E-state index in [1.807, 2.05) is 0 Å². The number of allylic oxidation sites excluding steroid dienone is 4. The van der Waals surface area contributed by atoms with Gasteiger partial charge in [0.2, 0.25) is 0 Å². The summed E-state index contributed by atoms with van der Waals surface area (Å²) in [6.45, 7) is 24.5. The van der Waals surface area contributed by atoms with Gasteiger partial charge in [0.05, 0.1) is 0 Å². The molecule has 0 amide bonds. The molecule has 0 N–H and O–H groups in total. The van der Waals surface area contributed by atoms with Crippen LogP contribution in [0.2, 0.25) is 0 Å². The largest absolute Gasteiger partial charge is 4.00 e. The Bertz CT molecular complexity index is 1010. The van der Waals surface area contributed by atoms with Crippen molar-refractivity contribution in [3.05, 3.63) is 81.4 Å². The summed E-state index contributed by atoms with van der Waals surface area (Å²) in [7, 11) is 0. The molecule has 2 aliphatic carbocycles. The molecule has 0 fully saturated rings. The van der Waals surface area contributed by atoms with Crippen LogP contribution in [0.1, 0.15) is 98.4 Å². The summed E-state index contributed by atoms with van der Waals surface area (Å²) < 4.78 is 0. The van der Waals surface area contributed by atoms with Gasteiger partial charge in [-0.1, -0.05) is 98.4 Å². The molecule has 2 aliphatic rings. The fourth-order valence-electron chi connectivity index (χ4n) is 4.43. The summed E-state index contributed by atoms with van der Waals surface area (Å²) in [4.78, 5) is 0. The molecule has 182 valence electrons. The van der Waals surface area contributed by atoms with Gasteiger partial charge in [-0.05, 0) is 28.4 Å². The summed E-state index contributed by atoms with van der Waals surface area (Å²) in [5.74, 6) is 0. The van der Waals surface area contributed by atoms with Gasteiger partial charge in [0.15, 0.2) is 0 Å². The van der Waals surface area contributed by atoms with Crippen molar-refractivity contribution in [2.75, 3.05) is 0 Å². The topological polar surface area (TPSA) is 0 Å². The minimum Gasteiger partial charge on any atom is -1.00 e. The molecule has 0 saturated carbocycles. The molecule has 0 unspecified atom stereocenters. The van der Waals surface area contributed by atoms with Crippen molar-refractivity contribution < 1.29 is 51.0 Å². The van der Waals surface area contributed by atoms with Crippen LogP contribution in [0, 0.1) is 17.6 Å². The van der Waals surface area contributed by atoms with Crippen LogP contribution in [0.4, 0.5) is 0 Å². The molecule has 0 heterocycles. The van der Waals surface area contributed by atoms with Gasteiger partial charge in [0.1, 0.15) is 0 Å². The summed E-state index contributed by atoms with van der Waals surface area (Å²) in [5.41, 5.74) is 13.1. The number of benzene rings is 2. The zero-order valence-corrected chi connectivity index (χ0v) is 26.8. The summed E-state index contributed by atoms with van der Waals surface area (Å²) in [5, 5.41) is 0. The van der Waals surface area contributed by atoms with Gasteiger partial charge in [-0.25, -0.2) is 5.57 Å². The molecule has 2 aromatic rings. The average molecular weight is 575 g/mol. The van der Waals surface area contributed by atoms with Crippen molar-refractivity contribution in [3.8, 4) is 11.1 Å². The Kier molecular flexibility index (Phi) is 11.4. The second-order valence-electron chi connectivity index (χ2n) is 11.9. The van der Waals surface area contributed by atoms with Crippen LogP contribution in [0.3, 0.4) is 0 Å². The Morgan fingerprint density at radius 3 is 1.76 bits per heavy atom. The standard InChI is InChI=1S/C21H25.C10H15.2ClH.Zr/c1-20(2,3)16-7-9-18-14(12-16)11-15-13-17(21(4,5)6)8-10-19(15)18;1-7-6-10(4,5)9(3)8(7)2;;;/h7-10,12H,11H2,1-6H3;1-5H3;2*1H;/q2*-1;;;+4/p-2. The minimum atomic E-state index is 0. The third kappa shape index (κ3) is 6.99. The molecule has 34 heavy (non-hydrogen) atoms. The van der Waals surface area contributed by atoms with Crippen LogP contribution in [-0.2, 0) is 43.5 Å². The number of halogens is 2. The minimum absolute atomic E-state index is 0. The molecule has 0 aliphatic heterocycles. The quantitative estimate of drug-likeness (QED) is 0.363. The van der Waals surface area contributed by atoms with Gasteiger partial charge < -0.3 is 24.8 Å². The summed E-state index contributed by atoms with van der Waals surface area (Å²) >= 11 is 0. The van der Waals surface area contributed by atoms with E-state index >= 15 is 0 Å². The third-order valence-electron chi connectivity index (χ3n) is 7.03. The Labute approximate surface area is 241 Å². The maximum absolute atomic E-state index is 3.67. The number of fused-ring (bicyclic) bond motifs is 3. The van der Waals surface area contributed by atoms with Gasteiger partial charge >= 0.3 is 26.2 Å². The van der Waals surface area contributed by atoms with Crippen LogP contribution in [0.15, 0.2) is 47.1 Å². The number of hydrogen-bond donors (Lipinski definition) is 0. The summed E-state index contributed by atoms with van der Waals surface area (Å²) in [6.07, 6.45) is 4.46. The van der Waals surface area contributed by atoms with E-state index in [1.165, 1.54) is 50.1 Å². The molecule has 4 rings (SSSR count). The first-order chi connectivity index (χ1) is 14.1. The van der Waals surface area contributed by atoms with Crippen LogP contribution in [-0.4, -0.2) is 0 Å². The van der Waals surface area contributed by atoms with Crippen molar-refractivity contribution in [2.45, 2.75) is 93.4 Å². The molecule has 0 nitrogen and oxygen atoms in total. The van der Waals surface area contributed by atoms with Gasteiger partial charge in [0, 0.05) is 0 Å². The molecule has 0 aromatic heterocycles. The Morgan fingerprint density at radius 2 is 1.35 bits per heavy atom. The van der Waals surface area contributed by atoms with Crippen molar-refractivity contribution in [1.82, 2.24) is 0 Å². The predicted molar refractivity (Wildman–Crippen MR) is 136 cm³/mol. The van der Waals surface area contributed by atoms with Crippen LogP contribution in [0.25, 0.3) is 11.1 Å². The normalized spacial score (nSPS) is 15.6. The predicted octanol–water partition coefficient (Wildman–Crippen LogP) is 2.77. The fourth-order valence-corrected chi connectivity index (χ4v) is 4.43. The van der Waals surface area contributed by atoms with E-state index in [2.05, 4.69) is 119 Å². The molecular formula is C31H40Cl2Zr. The van der Waals surface area contributed by atoms with Crippen molar-refractivity contribution in [3.63, 3.8) is 0 Å². The second kappa shape index (κ2) is 11.6. The average Bonchev–Trinajstić information content (AvgIpc) is 3.10. The van der Waals surface area contributed by atoms with E-state index < -0.39 is 0 Å². The van der Waals surface area contributed by atoms with Crippen molar-refractivity contribution >= 4 is 0 Å². The molecule has 0 bridgehead atoms. The zero-order chi connectivity index (χ0) is 23.4. The SMILES string of the molecule is CC(C)(C)c1[c-]c2c(cc1)-c1ccc(C(C)(C)C)cc1C2.CC1=[C-]C(C)(C)C(C)=C1C.[Cl-].[Cl-].[Zr+4]. The van der Waals surface area contributed by atoms with Crippen molar-refractivity contribution in [2.24, 2.45) is 5.41 Å². The Hall–Kier alpha value is -0.617. The monoisotopic (exact) mass is 572 g/mol.